The number of nitrogens with one attached hydrogen (secondary N) is 2. The lowest BCUT2D eigenvalue weighted by molar-refractivity contribution is 0.206. The van der Waals surface area contributed by atoms with Crippen LogP contribution >= 0.6 is 23.2 Å². The lowest BCUT2D eigenvalue weighted by atomic mass is 9.76. The fourth-order valence-corrected chi connectivity index (χ4v) is 4.57. The van der Waals surface area contributed by atoms with E-state index < -0.39 is 0 Å². The number of amides is 2. The minimum Gasteiger partial charge on any atom is -0.331 e. The molecule has 1 fully saturated rings. The number of carbonyl (C=O) groups excluding carboxylic acids is 1. The van der Waals surface area contributed by atoms with Gasteiger partial charge in [0.05, 0.1) is 6.04 Å². The molecule has 1 aliphatic rings. The Balaban J connectivity index is 1.75. The van der Waals surface area contributed by atoms with E-state index in [1.54, 1.807) is 18.2 Å². The molecule has 2 atom stereocenters. The molecule has 0 saturated heterocycles. The third-order valence-electron chi connectivity index (χ3n) is 5.48. The van der Waals surface area contributed by atoms with E-state index in [1.807, 2.05) is 18.2 Å². The monoisotopic (exact) mass is 404 g/mol. The van der Waals surface area contributed by atoms with E-state index in [4.69, 9.17) is 23.2 Å². The summed E-state index contributed by atoms with van der Waals surface area (Å²) < 4.78 is 0. The van der Waals surface area contributed by atoms with Gasteiger partial charge in [-0.05, 0) is 35.6 Å². The highest BCUT2D eigenvalue weighted by molar-refractivity contribution is 6.35. The summed E-state index contributed by atoms with van der Waals surface area (Å²) in [6.45, 7) is 2.25. The zero-order valence-electron chi connectivity index (χ0n) is 15.6. The van der Waals surface area contributed by atoms with Gasteiger partial charge in [-0.15, -0.1) is 0 Å². The highest BCUT2D eigenvalue weighted by Crippen LogP contribution is 2.37. The van der Waals surface area contributed by atoms with Crippen LogP contribution in [0.15, 0.2) is 48.5 Å². The van der Waals surface area contributed by atoms with Gasteiger partial charge in [-0.25, -0.2) is 4.79 Å². The Morgan fingerprint density at radius 3 is 2.26 bits per heavy atom. The first-order valence-corrected chi connectivity index (χ1v) is 10.4. The summed E-state index contributed by atoms with van der Waals surface area (Å²) in [5.41, 5.74) is 1.72. The first kappa shape index (κ1) is 20.0. The Morgan fingerprint density at radius 2 is 1.63 bits per heavy atom. The van der Waals surface area contributed by atoms with Gasteiger partial charge in [0, 0.05) is 15.7 Å². The summed E-state index contributed by atoms with van der Waals surface area (Å²) in [5.74, 6) is 0.992. The van der Waals surface area contributed by atoms with Crippen LogP contribution in [-0.4, -0.2) is 6.03 Å². The van der Waals surface area contributed by atoms with E-state index >= 15 is 0 Å². The molecule has 27 heavy (non-hydrogen) atoms. The van der Waals surface area contributed by atoms with Crippen molar-refractivity contribution in [2.45, 2.75) is 45.1 Å². The number of hydrogen-bond donors (Lipinski definition) is 2. The molecule has 0 heterocycles. The Morgan fingerprint density at radius 1 is 1.00 bits per heavy atom. The Hall–Kier alpha value is -1.71. The molecule has 0 radical (unpaired) electrons. The highest BCUT2D eigenvalue weighted by atomic mass is 35.5. The van der Waals surface area contributed by atoms with Crippen molar-refractivity contribution in [1.29, 1.82) is 0 Å². The number of carbonyl (C=O) groups is 1. The van der Waals surface area contributed by atoms with Crippen molar-refractivity contribution in [1.82, 2.24) is 5.32 Å². The largest absolute Gasteiger partial charge is 0.331 e. The number of anilines is 1. The van der Waals surface area contributed by atoms with Gasteiger partial charge < -0.3 is 10.6 Å². The number of benzene rings is 2. The van der Waals surface area contributed by atoms with Gasteiger partial charge in [0.15, 0.2) is 0 Å². The summed E-state index contributed by atoms with van der Waals surface area (Å²) >= 11 is 12.1. The molecule has 0 aliphatic heterocycles. The van der Waals surface area contributed by atoms with Gasteiger partial charge in [0.1, 0.15) is 0 Å². The first-order chi connectivity index (χ1) is 13.0. The maximum atomic E-state index is 12.7. The molecule has 1 aliphatic carbocycles. The van der Waals surface area contributed by atoms with E-state index in [2.05, 4.69) is 29.7 Å². The molecule has 5 heteroatoms. The molecule has 2 N–H and O–H groups in total. The smallest absolute Gasteiger partial charge is 0.319 e. The maximum absolute atomic E-state index is 12.7. The van der Waals surface area contributed by atoms with Crippen LogP contribution in [-0.2, 0) is 0 Å². The molecular formula is C22H26Cl2N2O. The van der Waals surface area contributed by atoms with Crippen molar-refractivity contribution in [2.75, 3.05) is 5.32 Å². The predicted octanol–water partition coefficient (Wildman–Crippen LogP) is 7.07. The molecule has 0 spiro atoms. The molecule has 3 nitrogen and oxygen atoms in total. The van der Waals surface area contributed by atoms with Gasteiger partial charge in [-0.1, -0.05) is 92.6 Å². The van der Waals surface area contributed by atoms with E-state index in [0.717, 1.165) is 5.56 Å². The van der Waals surface area contributed by atoms with E-state index in [9.17, 15) is 4.79 Å². The lowest BCUT2D eigenvalue weighted by Gasteiger charge is -2.34. The van der Waals surface area contributed by atoms with Crippen LogP contribution in [0.25, 0.3) is 0 Å². The molecule has 2 aromatic rings. The number of urea groups is 1. The lowest BCUT2D eigenvalue weighted by Crippen LogP contribution is -2.38. The predicted molar refractivity (Wildman–Crippen MR) is 114 cm³/mol. The Labute approximate surface area is 171 Å². The topological polar surface area (TPSA) is 41.1 Å². The first-order valence-electron chi connectivity index (χ1n) is 9.61. The van der Waals surface area contributed by atoms with Crippen LogP contribution in [0.3, 0.4) is 0 Å². The molecule has 0 aromatic heterocycles. The third kappa shape index (κ3) is 5.63. The maximum Gasteiger partial charge on any atom is 0.319 e. The van der Waals surface area contributed by atoms with Crippen molar-refractivity contribution in [2.24, 2.45) is 11.8 Å². The van der Waals surface area contributed by atoms with Crippen molar-refractivity contribution in [3.05, 3.63) is 64.1 Å². The zero-order valence-corrected chi connectivity index (χ0v) is 17.1. The van der Waals surface area contributed by atoms with E-state index in [1.165, 1.54) is 32.1 Å². The van der Waals surface area contributed by atoms with Crippen molar-refractivity contribution < 1.29 is 4.79 Å². The van der Waals surface area contributed by atoms with Crippen molar-refractivity contribution in [3.63, 3.8) is 0 Å². The van der Waals surface area contributed by atoms with Crippen LogP contribution in [0, 0.1) is 11.8 Å². The quantitative estimate of drug-likeness (QED) is 0.549. The van der Waals surface area contributed by atoms with Gasteiger partial charge in [0.2, 0.25) is 0 Å². The van der Waals surface area contributed by atoms with Gasteiger partial charge >= 0.3 is 6.03 Å². The van der Waals surface area contributed by atoms with Crippen molar-refractivity contribution >= 4 is 34.9 Å². The highest BCUT2D eigenvalue weighted by Gasteiger charge is 2.29. The standard InChI is InChI=1S/C22H26Cl2N2O/c1-15(16-8-4-2-5-9-16)21(17-10-6-3-7-11-17)26-22(27)25-20-13-18(23)12-19(24)14-20/h3,6-7,10-16,21H,2,4-5,8-9H2,1H3,(H2,25,26,27)/t15-,21?/m0/s1. The molecule has 3 rings (SSSR count). The van der Waals surface area contributed by atoms with Crippen LogP contribution in [0.5, 0.6) is 0 Å². The second-order valence-electron chi connectivity index (χ2n) is 7.40. The fraction of sp³-hybridized carbons (Fsp3) is 0.409. The second kappa shape index (κ2) is 9.48. The zero-order chi connectivity index (χ0) is 19.2. The minimum absolute atomic E-state index is 0.0380. The Kier molecular flexibility index (Phi) is 7.03. The van der Waals surface area contributed by atoms with Crippen molar-refractivity contribution in [3.8, 4) is 0 Å². The minimum atomic E-state index is -0.246. The number of halogens is 2. The van der Waals surface area contributed by atoms with Gasteiger partial charge in [0.25, 0.3) is 0 Å². The molecule has 0 bridgehead atoms. The molecule has 2 amide bonds. The molecular weight excluding hydrogens is 379 g/mol. The van der Waals surface area contributed by atoms with Crippen LogP contribution < -0.4 is 10.6 Å². The second-order valence-corrected chi connectivity index (χ2v) is 8.28. The van der Waals surface area contributed by atoms with Crippen LogP contribution in [0.1, 0.15) is 50.6 Å². The van der Waals surface area contributed by atoms with E-state index in [-0.39, 0.29) is 12.1 Å². The average molecular weight is 405 g/mol. The number of hydrogen-bond acceptors (Lipinski definition) is 1. The molecule has 2 aromatic carbocycles. The summed E-state index contributed by atoms with van der Waals surface area (Å²) in [4.78, 5) is 12.7. The van der Waals surface area contributed by atoms with E-state index in [0.29, 0.717) is 27.6 Å². The summed E-state index contributed by atoms with van der Waals surface area (Å²) in [6, 6.07) is 14.9. The summed E-state index contributed by atoms with van der Waals surface area (Å²) in [6.07, 6.45) is 6.35. The summed E-state index contributed by atoms with van der Waals surface area (Å²) in [7, 11) is 0. The molecule has 1 saturated carbocycles. The van der Waals surface area contributed by atoms with Gasteiger partial charge in [-0.2, -0.15) is 0 Å². The van der Waals surface area contributed by atoms with Crippen LogP contribution in [0.2, 0.25) is 10.0 Å². The van der Waals surface area contributed by atoms with Crippen LogP contribution in [0.4, 0.5) is 10.5 Å². The number of rotatable bonds is 5. The molecule has 1 unspecified atom stereocenters. The average Bonchev–Trinajstić information content (AvgIpc) is 2.66. The molecule has 144 valence electrons. The Bertz CT molecular complexity index is 740. The normalized spacial score (nSPS) is 17.1. The summed E-state index contributed by atoms with van der Waals surface area (Å²) in [5, 5.41) is 7.03. The third-order valence-corrected chi connectivity index (χ3v) is 5.92. The van der Waals surface area contributed by atoms with Gasteiger partial charge in [-0.3, -0.25) is 0 Å². The fourth-order valence-electron chi connectivity index (χ4n) is 4.05. The SMILES string of the molecule is C[C@@H](C1CCCCC1)C(NC(=O)Nc1cc(Cl)cc(Cl)c1)c1ccccc1.